The van der Waals surface area contributed by atoms with Crippen molar-refractivity contribution in [2.75, 3.05) is 5.32 Å². The molecule has 0 unspecified atom stereocenters. The average Bonchev–Trinajstić information content (AvgIpc) is 2.69. The summed E-state index contributed by atoms with van der Waals surface area (Å²) in [5.41, 5.74) is 1.40. The molecule has 0 fully saturated rings. The maximum absolute atomic E-state index is 14.1. The Bertz CT molecular complexity index is 1300. The standard InChI is InChI=1S/C22H15ClFN3O2/c1-13-5-4-8-20(25-13)27-21(28)16-12-14-11-15(23)9-10-19(14)29-22(16)26-18-7-3-2-6-17(18)24/h2-12H,1H3,(H,25,27,28). The largest absolute Gasteiger partial charge is 0.438 e. The molecule has 0 bridgehead atoms. The first-order chi connectivity index (χ1) is 14.0. The van der Waals surface area contributed by atoms with Gasteiger partial charge in [-0.05, 0) is 55.5 Å². The molecule has 0 saturated carbocycles. The van der Waals surface area contributed by atoms with E-state index in [2.05, 4.69) is 15.3 Å². The van der Waals surface area contributed by atoms with Gasteiger partial charge in [0.2, 0.25) is 5.55 Å². The van der Waals surface area contributed by atoms with Crippen LogP contribution >= 0.6 is 11.6 Å². The molecule has 2 aromatic heterocycles. The van der Waals surface area contributed by atoms with Crippen molar-refractivity contribution in [2.24, 2.45) is 4.99 Å². The number of aryl methyl sites for hydroxylation is 1. The zero-order valence-electron chi connectivity index (χ0n) is 15.3. The SMILES string of the molecule is Cc1cccc(NC(=O)c2cc3cc(Cl)ccc3oc2=Nc2ccccc2F)n1. The van der Waals surface area contributed by atoms with Crippen LogP contribution in [0.25, 0.3) is 11.0 Å². The monoisotopic (exact) mass is 407 g/mol. The van der Waals surface area contributed by atoms with Crippen molar-refractivity contribution >= 4 is 40.0 Å². The lowest BCUT2D eigenvalue weighted by atomic mass is 10.1. The van der Waals surface area contributed by atoms with Gasteiger partial charge < -0.3 is 9.73 Å². The number of nitrogens with zero attached hydrogens (tertiary/aromatic N) is 2. The van der Waals surface area contributed by atoms with Crippen molar-refractivity contribution < 1.29 is 13.6 Å². The van der Waals surface area contributed by atoms with Gasteiger partial charge in [0.05, 0.1) is 0 Å². The summed E-state index contributed by atoms with van der Waals surface area (Å²) in [6, 6.07) is 17.9. The first-order valence-corrected chi connectivity index (χ1v) is 9.15. The Morgan fingerprint density at radius 3 is 2.72 bits per heavy atom. The highest BCUT2D eigenvalue weighted by atomic mass is 35.5. The van der Waals surface area contributed by atoms with Gasteiger partial charge in [0, 0.05) is 16.1 Å². The van der Waals surface area contributed by atoms with Gasteiger partial charge in [-0.1, -0.05) is 29.8 Å². The van der Waals surface area contributed by atoms with Crippen LogP contribution in [-0.4, -0.2) is 10.9 Å². The molecule has 1 N–H and O–H groups in total. The molecule has 144 valence electrons. The lowest BCUT2D eigenvalue weighted by Gasteiger charge is -2.07. The second-order valence-electron chi connectivity index (χ2n) is 6.33. The molecule has 0 saturated heterocycles. The van der Waals surface area contributed by atoms with Crippen LogP contribution in [0.3, 0.4) is 0 Å². The Hall–Kier alpha value is -3.51. The van der Waals surface area contributed by atoms with Crippen molar-refractivity contribution in [1.29, 1.82) is 0 Å². The molecular formula is C22H15ClFN3O2. The van der Waals surface area contributed by atoms with Gasteiger partial charge in [0.1, 0.15) is 28.5 Å². The van der Waals surface area contributed by atoms with Gasteiger partial charge >= 0.3 is 0 Å². The Labute approximate surface area is 170 Å². The second kappa shape index (κ2) is 7.85. The maximum atomic E-state index is 14.1. The summed E-state index contributed by atoms with van der Waals surface area (Å²) < 4.78 is 19.9. The highest BCUT2D eigenvalue weighted by Crippen LogP contribution is 2.21. The summed E-state index contributed by atoms with van der Waals surface area (Å²) in [5, 5.41) is 3.84. The second-order valence-corrected chi connectivity index (χ2v) is 6.77. The predicted molar refractivity (Wildman–Crippen MR) is 110 cm³/mol. The third-order valence-corrected chi connectivity index (χ3v) is 4.39. The molecule has 4 rings (SSSR count). The minimum atomic E-state index is -0.523. The average molecular weight is 408 g/mol. The van der Waals surface area contributed by atoms with Crippen LogP contribution in [0.2, 0.25) is 5.02 Å². The molecule has 0 aliphatic heterocycles. The number of hydrogen-bond donors (Lipinski definition) is 1. The van der Waals surface area contributed by atoms with E-state index in [9.17, 15) is 9.18 Å². The molecule has 2 aromatic carbocycles. The molecule has 0 aliphatic carbocycles. The fourth-order valence-corrected chi connectivity index (χ4v) is 2.98. The third-order valence-electron chi connectivity index (χ3n) is 4.16. The van der Waals surface area contributed by atoms with Crippen molar-refractivity contribution in [3.05, 3.63) is 94.4 Å². The summed E-state index contributed by atoms with van der Waals surface area (Å²) >= 11 is 6.06. The smallest absolute Gasteiger partial charge is 0.262 e. The highest BCUT2D eigenvalue weighted by molar-refractivity contribution is 6.31. The van der Waals surface area contributed by atoms with Crippen LogP contribution in [0.4, 0.5) is 15.9 Å². The Morgan fingerprint density at radius 1 is 1.10 bits per heavy atom. The van der Waals surface area contributed by atoms with E-state index in [1.807, 2.05) is 13.0 Å². The van der Waals surface area contributed by atoms with Crippen molar-refractivity contribution in [3.8, 4) is 0 Å². The fraction of sp³-hybridized carbons (Fsp3) is 0.0455. The van der Waals surface area contributed by atoms with Gasteiger partial charge in [-0.25, -0.2) is 14.4 Å². The Morgan fingerprint density at radius 2 is 1.93 bits per heavy atom. The van der Waals surface area contributed by atoms with E-state index >= 15 is 0 Å². The lowest BCUT2D eigenvalue weighted by Crippen LogP contribution is -2.22. The van der Waals surface area contributed by atoms with E-state index in [0.29, 0.717) is 21.8 Å². The maximum Gasteiger partial charge on any atom is 0.262 e. The third kappa shape index (κ3) is 4.17. The summed E-state index contributed by atoms with van der Waals surface area (Å²) in [6.45, 7) is 1.82. The molecule has 0 aliphatic rings. The van der Waals surface area contributed by atoms with Gasteiger partial charge in [-0.15, -0.1) is 0 Å². The number of pyridine rings is 1. The Balaban J connectivity index is 1.88. The van der Waals surface area contributed by atoms with Gasteiger partial charge in [0.25, 0.3) is 5.91 Å². The van der Waals surface area contributed by atoms with Crippen molar-refractivity contribution in [1.82, 2.24) is 4.98 Å². The molecule has 0 radical (unpaired) electrons. The summed E-state index contributed by atoms with van der Waals surface area (Å²) in [4.78, 5) is 21.5. The van der Waals surface area contributed by atoms with Gasteiger partial charge in [-0.3, -0.25) is 4.79 Å². The van der Waals surface area contributed by atoms with Crippen molar-refractivity contribution in [2.45, 2.75) is 6.92 Å². The summed E-state index contributed by atoms with van der Waals surface area (Å²) in [5.74, 6) is -0.618. The molecule has 0 spiro atoms. The predicted octanol–water partition coefficient (Wildman–Crippen LogP) is 5.41. The first kappa shape index (κ1) is 18.8. The minimum absolute atomic E-state index is 0.0184. The number of carbonyl (C=O) groups excluding carboxylic acids is 1. The number of rotatable bonds is 3. The van der Waals surface area contributed by atoms with E-state index < -0.39 is 11.7 Å². The molecule has 5 nitrogen and oxygen atoms in total. The molecular weight excluding hydrogens is 393 g/mol. The number of para-hydroxylation sites is 1. The fourth-order valence-electron chi connectivity index (χ4n) is 2.80. The van der Waals surface area contributed by atoms with Gasteiger partial charge in [-0.2, -0.15) is 0 Å². The van der Waals surface area contributed by atoms with Crippen LogP contribution in [0.1, 0.15) is 16.1 Å². The molecule has 0 atom stereocenters. The zero-order chi connectivity index (χ0) is 20.4. The molecule has 1 amide bonds. The quantitative estimate of drug-likeness (QED) is 0.493. The molecule has 2 heterocycles. The number of anilines is 1. The van der Waals surface area contributed by atoms with Gasteiger partial charge in [0.15, 0.2) is 0 Å². The zero-order valence-corrected chi connectivity index (χ0v) is 16.1. The number of aromatic nitrogens is 1. The number of carbonyl (C=O) groups is 1. The number of amides is 1. The van der Waals surface area contributed by atoms with E-state index in [0.717, 1.165) is 5.69 Å². The first-order valence-electron chi connectivity index (χ1n) is 8.77. The number of nitrogens with one attached hydrogen (secondary N) is 1. The number of benzene rings is 2. The number of hydrogen-bond acceptors (Lipinski definition) is 4. The van der Waals surface area contributed by atoms with Crippen molar-refractivity contribution in [3.63, 3.8) is 0 Å². The minimum Gasteiger partial charge on any atom is -0.438 e. The van der Waals surface area contributed by atoms with E-state index in [4.69, 9.17) is 16.0 Å². The van der Waals surface area contributed by atoms with E-state index in [-0.39, 0.29) is 16.8 Å². The van der Waals surface area contributed by atoms with Crippen LogP contribution < -0.4 is 10.9 Å². The molecule has 4 aromatic rings. The van der Waals surface area contributed by atoms with Crippen LogP contribution in [-0.2, 0) is 0 Å². The molecule has 7 heteroatoms. The number of fused-ring (bicyclic) bond motifs is 1. The highest BCUT2D eigenvalue weighted by Gasteiger charge is 2.14. The van der Waals surface area contributed by atoms with Crippen LogP contribution in [0.5, 0.6) is 0 Å². The lowest BCUT2D eigenvalue weighted by molar-refractivity contribution is 0.102. The molecule has 29 heavy (non-hydrogen) atoms. The normalized spacial score (nSPS) is 11.6. The number of halogens is 2. The Kier molecular flexibility index (Phi) is 5.10. The summed E-state index contributed by atoms with van der Waals surface area (Å²) in [6.07, 6.45) is 0. The van der Waals surface area contributed by atoms with Crippen LogP contribution in [0, 0.1) is 12.7 Å². The van der Waals surface area contributed by atoms with E-state index in [1.165, 1.54) is 12.1 Å². The summed E-state index contributed by atoms with van der Waals surface area (Å²) in [7, 11) is 0. The van der Waals surface area contributed by atoms with E-state index in [1.54, 1.807) is 48.5 Å². The van der Waals surface area contributed by atoms with Crippen LogP contribution in [0.15, 0.2) is 76.1 Å². The topological polar surface area (TPSA) is 67.5 Å².